The summed E-state index contributed by atoms with van der Waals surface area (Å²) in [4.78, 5) is 24.7. The zero-order chi connectivity index (χ0) is 16.1. The third-order valence-corrected chi connectivity index (χ3v) is 3.53. The Morgan fingerprint density at radius 1 is 1.41 bits per heavy atom. The number of benzene rings is 1. The van der Waals surface area contributed by atoms with Gasteiger partial charge in [0.15, 0.2) is 6.10 Å². The smallest absolute Gasteiger partial charge is 0.306 e. The van der Waals surface area contributed by atoms with E-state index in [1.54, 1.807) is 11.8 Å². The number of ether oxygens (including phenoxy) is 2. The monoisotopic (exact) mass is 307 g/mol. The van der Waals surface area contributed by atoms with Gasteiger partial charge in [-0.3, -0.25) is 9.59 Å². The van der Waals surface area contributed by atoms with Crippen LogP contribution in [0.25, 0.3) is 0 Å². The van der Waals surface area contributed by atoms with Gasteiger partial charge in [-0.1, -0.05) is 17.7 Å². The van der Waals surface area contributed by atoms with Crippen LogP contribution in [0.4, 0.5) is 0 Å². The van der Waals surface area contributed by atoms with Gasteiger partial charge in [0, 0.05) is 13.1 Å². The molecule has 0 aliphatic carbocycles. The van der Waals surface area contributed by atoms with Crippen molar-refractivity contribution in [1.29, 1.82) is 0 Å². The summed E-state index contributed by atoms with van der Waals surface area (Å²) in [6, 6.07) is 7.49. The molecule has 1 aromatic carbocycles. The molecule has 1 aliphatic heterocycles. The Balaban J connectivity index is 1.91. The van der Waals surface area contributed by atoms with Crippen molar-refractivity contribution in [3.05, 3.63) is 29.8 Å². The summed E-state index contributed by atoms with van der Waals surface area (Å²) in [5.41, 5.74) is 1.12. The lowest BCUT2D eigenvalue weighted by Gasteiger charge is -2.33. The summed E-state index contributed by atoms with van der Waals surface area (Å²) in [7, 11) is 0. The van der Waals surface area contributed by atoms with Crippen molar-refractivity contribution < 1.29 is 24.2 Å². The number of rotatable bonds is 5. The Morgan fingerprint density at radius 2 is 2.09 bits per heavy atom. The number of amides is 1. The van der Waals surface area contributed by atoms with Gasteiger partial charge in [-0.15, -0.1) is 0 Å². The van der Waals surface area contributed by atoms with E-state index in [1.807, 2.05) is 31.2 Å². The van der Waals surface area contributed by atoms with Crippen molar-refractivity contribution in [2.24, 2.45) is 0 Å². The van der Waals surface area contributed by atoms with Gasteiger partial charge in [-0.25, -0.2) is 0 Å². The van der Waals surface area contributed by atoms with E-state index < -0.39 is 18.2 Å². The summed E-state index contributed by atoms with van der Waals surface area (Å²) in [6.07, 6.45) is -1.18. The van der Waals surface area contributed by atoms with E-state index in [0.717, 1.165) is 5.56 Å². The molecule has 22 heavy (non-hydrogen) atoms. The van der Waals surface area contributed by atoms with Gasteiger partial charge in [0.05, 0.1) is 19.1 Å². The highest BCUT2D eigenvalue weighted by Crippen LogP contribution is 2.16. The summed E-state index contributed by atoms with van der Waals surface area (Å²) >= 11 is 0. The third kappa shape index (κ3) is 4.46. The molecule has 1 heterocycles. The Morgan fingerprint density at radius 3 is 2.73 bits per heavy atom. The molecule has 0 bridgehead atoms. The molecule has 1 amide bonds. The molecule has 2 atom stereocenters. The van der Waals surface area contributed by atoms with Crippen LogP contribution in [0.2, 0.25) is 0 Å². The zero-order valence-electron chi connectivity index (χ0n) is 12.8. The fraction of sp³-hybridized carbons (Fsp3) is 0.500. The molecule has 2 rings (SSSR count). The number of carbonyl (C=O) groups excluding carboxylic acids is 1. The van der Waals surface area contributed by atoms with Crippen LogP contribution in [-0.2, 0) is 14.3 Å². The first kappa shape index (κ1) is 16.3. The highest BCUT2D eigenvalue weighted by molar-refractivity contribution is 5.81. The fourth-order valence-corrected chi connectivity index (χ4v) is 2.37. The van der Waals surface area contributed by atoms with Gasteiger partial charge in [-0.05, 0) is 26.0 Å². The van der Waals surface area contributed by atoms with Gasteiger partial charge in [0.25, 0.3) is 5.91 Å². The Labute approximate surface area is 129 Å². The van der Waals surface area contributed by atoms with Crippen LogP contribution >= 0.6 is 0 Å². The van der Waals surface area contributed by atoms with Gasteiger partial charge >= 0.3 is 5.97 Å². The predicted octanol–water partition coefficient (Wildman–Crippen LogP) is 1.46. The largest absolute Gasteiger partial charge is 0.481 e. The van der Waals surface area contributed by atoms with Crippen LogP contribution in [-0.4, -0.2) is 53.8 Å². The second kappa shape index (κ2) is 7.26. The minimum absolute atomic E-state index is 0.100. The SMILES string of the molecule is Cc1ccc(OC(C)C(=O)N2CCOC(CC(=O)O)C2)cc1. The van der Waals surface area contributed by atoms with Crippen LogP contribution in [0.3, 0.4) is 0 Å². The number of aryl methyl sites for hydroxylation is 1. The first-order valence-corrected chi connectivity index (χ1v) is 7.31. The van der Waals surface area contributed by atoms with Crippen molar-refractivity contribution >= 4 is 11.9 Å². The highest BCUT2D eigenvalue weighted by Gasteiger charge is 2.29. The molecular weight excluding hydrogens is 286 g/mol. The van der Waals surface area contributed by atoms with Gasteiger partial charge in [-0.2, -0.15) is 0 Å². The zero-order valence-corrected chi connectivity index (χ0v) is 12.8. The van der Waals surface area contributed by atoms with Gasteiger partial charge < -0.3 is 19.5 Å². The number of hydrogen-bond donors (Lipinski definition) is 1. The van der Waals surface area contributed by atoms with E-state index in [9.17, 15) is 9.59 Å². The molecule has 0 radical (unpaired) electrons. The third-order valence-electron chi connectivity index (χ3n) is 3.53. The topological polar surface area (TPSA) is 76.1 Å². The molecule has 0 spiro atoms. The van der Waals surface area contributed by atoms with E-state index in [2.05, 4.69) is 0 Å². The molecule has 6 nitrogen and oxygen atoms in total. The normalized spacial score (nSPS) is 19.5. The number of nitrogens with zero attached hydrogens (tertiary/aromatic N) is 1. The fourth-order valence-electron chi connectivity index (χ4n) is 2.37. The lowest BCUT2D eigenvalue weighted by atomic mass is 10.2. The van der Waals surface area contributed by atoms with Crippen LogP contribution in [0, 0.1) is 6.92 Å². The van der Waals surface area contributed by atoms with Crippen LogP contribution < -0.4 is 4.74 Å². The van der Waals surface area contributed by atoms with Crippen LogP contribution in [0.15, 0.2) is 24.3 Å². The lowest BCUT2D eigenvalue weighted by Crippen LogP contribution is -2.50. The first-order chi connectivity index (χ1) is 10.5. The van der Waals surface area contributed by atoms with E-state index in [0.29, 0.717) is 18.9 Å². The van der Waals surface area contributed by atoms with Crippen molar-refractivity contribution in [2.45, 2.75) is 32.5 Å². The minimum Gasteiger partial charge on any atom is -0.481 e. The molecule has 1 fully saturated rings. The predicted molar refractivity (Wildman–Crippen MR) is 79.8 cm³/mol. The van der Waals surface area contributed by atoms with Crippen molar-refractivity contribution in [1.82, 2.24) is 4.90 Å². The van der Waals surface area contributed by atoms with E-state index >= 15 is 0 Å². The first-order valence-electron chi connectivity index (χ1n) is 7.31. The maximum atomic E-state index is 12.4. The summed E-state index contributed by atoms with van der Waals surface area (Å²) in [5, 5.41) is 8.81. The molecule has 0 aromatic heterocycles. The van der Waals surface area contributed by atoms with Crippen LogP contribution in [0.1, 0.15) is 18.9 Å². The van der Waals surface area contributed by atoms with E-state index in [4.69, 9.17) is 14.6 Å². The molecule has 1 aliphatic rings. The Hall–Kier alpha value is -2.08. The number of carboxylic acids is 1. The molecule has 1 saturated heterocycles. The average Bonchev–Trinajstić information content (AvgIpc) is 2.48. The maximum Gasteiger partial charge on any atom is 0.306 e. The number of carbonyl (C=O) groups is 2. The summed E-state index contributed by atoms with van der Waals surface area (Å²) in [6.45, 7) is 4.77. The molecule has 6 heteroatoms. The molecule has 2 unspecified atom stereocenters. The van der Waals surface area contributed by atoms with Crippen molar-refractivity contribution in [3.8, 4) is 5.75 Å². The van der Waals surface area contributed by atoms with E-state index in [1.165, 1.54) is 0 Å². The Kier molecular flexibility index (Phi) is 5.38. The highest BCUT2D eigenvalue weighted by atomic mass is 16.5. The minimum atomic E-state index is -0.928. The van der Waals surface area contributed by atoms with Gasteiger partial charge in [0.1, 0.15) is 5.75 Å². The number of aliphatic carboxylic acids is 1. The maximum absolute atomic E-state index is 12.4. The van der Waals surface area contributed by atoms with Gasteiger partial charge in [0.2, 0.25) is 0 Å². The molecule has 1 aromatic rings. The standard InChI is InChI=1S/C16H21NO5/c1-11-3-5-13(6-4-11)22-12(2)16(20)17-7-8-21-14(10-17)9-15(18)19/h3-6,12,14H,7-10H2,1-2H3,(H,18,19). The number of hydrogen-bond acceptors (Lipinski definition) is 4. The van der Waals surface area contributed by atoms with E-state index in [-0.39, 0.29) is 18.9 Å². The lowest BCUT2D eigenvalue weighted by molar-refractivity contribution is -0.151. The number of carboxylic acid groups (broad SMARTS) is 1. The molecule has 1 N–H and O–H groups in total. The number of morpholine rings is 1. The van der Waals surface area contributed by atoms with Crippen molar-refractivity contribution in [2.75, 3.05) is 19.7 Å². The molecular formula is C16H21NO5. The van der Waals surface area contributed by atoms with Crippen LogP contribution in [0.5, 0.6) is 5.75 Å². The summed E-state index contributed by atoms with van der Waals surface area (Å²) < 4.78 is 11.0. The Bertz CT molecular complexity index is 528. The second-order valence-corrected chi connectivity index (χ2v) is 5.45. The summed E-state index contributed by atoms with van der Waals surface area (Å²) in [5.74, 6) is -0.440. The molecule has 0 saturated carbocycles. The second-order valence-electron chi connectivity index (χ2n) is 5.45. The molecule has 120 valence electrons. The quantitative estimate of drug-likeness (QED) is 0.891. The van der Waals surface area contributed by atoms with Crippen molar-refractivity contribution in [3.63, 3.8) is 0 Å². The average molecular weight is 307 g/mol.